The Morgan fingerprint density at radius 2 is 1.86 bits per heavy atom. The predicted molar refractivity (Wildman–Crippen MR) is 86.0 cm³/mol. The number of likely N-dealkylation sites (tertiary alicyclic amines) is 1. The normalized spacial score (nSPS) is 23.2. The highest BCUT2D eigenvalue weighted by Gasteiger charge is 2.23. The maximum Gasteiger partial charge on any atom is 0.193 e. The first-order chi connectivity index (χ1) is 10.1. The number of hydrogen-bond donors (Lipinski definition) is 1. The molecule has 21 heavy (non-hydrogen) atoms. The van der Waals surface area contributed by atoms with Gasteiger partial charge in [-0.05, 0) is 42.4 Å². The van der Waals surface area contributed by atoms with Crippen molar-refractivity contribution in [2.45, 2.75) is 26.7 Å². The van der Waals surface area contributed by atoms with Crippen molar-refractivity contribution in [1.82, 2.24) is 10.2 Å². The van der Waals surface area contributed by atoms with Gasteiger partial charge in [-0.3, -0.25) is 4.99 Å². The van der Waals surface area contributed by atoms with Gasteiger partial charge in [0.2, 0.25) is 0 Å². The number of nitrogens with zero attached hydrogens (tertiary/aromatic N) is 2. The summed E-state index contributed by atoms with van der Waals surface area (Å²) in [5.74, 6) is 2.23. The Balaban J connectivity index is 1.84. The van der Waals surface area contributed by atoms with Crippen molar-refractivity contribution < 1.29 is 4.39 Å². The summed E-state index contributed by atoms with van der Waals surface area (Å²) in [4.78, 5) is 6.75. The van der Waals surface area contributed by atoms with Gasteiger partial charge in [0.05, 0.1) is 0 Å². The van der Waals surface area contributed by atoms with Crippen LogP contribution in [0.2, 0.25) is 0 Å². The molecule has 2 unspecified atom stereocenters. The molecule has 1 aliphatic rings. The molecule has 1 aliphatic heterocycles. The Kier molecular flexibility index (Phi) is 5.59. The number of guanidine groups is 1. The summed E-state index contributed by atoms with van der Waals surface area (Å²) >= 11 is 0. The van der Waals surface area contributed by atoms with Crippen LogP contribution in [0.3, 0.4) is 0 Å². The number of nitrogens with one attached hydrogen (secondary N) is 1. The van der Waals surface area contributed by atoms with Crippen molar-refractivity contribution in [2.24, 2.45) is 16.8 Å². The van der Waals surface area contributed by atoms with E-state index < -0.39 is 0 Å². The van der Waals surface area contributed by atoms with E-state index in [0.717, 1.165) is 37.6 Å². The minimum Gasteiger partial charge on any atom is -0.356 e. The van der Waals surface area contributed by atoms with E-state index >= 15 is 0 Å². The molecule has 2 atom stereocenters. The van der Waals surface area contributed by atoms with Crippen LogP contribution >= 0.6 is 0 Å². The number of piperidine rings is 1. The molecule has 0 aromatic heterocycles. The lowest BCUT2D eigenvalue weighted by molar-refractivity contribution is 0.208. The lowest BCUT2D eigenvalue weighted by Crippen LogP contribution is -2.48. The highest BCUT2D eigenvalue weighted by Crippen LogP contribution is 2.20. The van der Waals surface area contributed by atoms with Gasteiger partial charge < -0.3 is 10.2 Å². The molecule has 116 valence electrons. The molecule has 1 heterocycles. The van der Waals surface area contributed by atoms with Gasteiger partial charge in [0.1, 0.15) is 5.82 Å². The third kappa shape index (κ3) is 4.73. The zero-order chi connectivity index (χ0) is 15.2. The fourth-order valence-corrected chi connectivity index (χ4v) is 3.14. The first-order valence-corrected chi connectivity index (χ1v) is 7.78. The van der Waals surface area contributed by atoms with Gasteiger partial charge in [-0.2, -0.15) is 0 Å². The number of hydrogen-bond acceptors (Lipinski definition) is 1. The molecule has 1 saturated heterocycles. The van der Waals surface area contributed by atoms with Crippen molar-refractivity contribution in [3.05, 3.63) is 35.6 Å². The average Bonchev–Trinajstić information content (AvgIpc) is 2.44. The Morgan fingerprint density at radius 3 is 2.43 bits per heavy atom. The number of halogens is 1. The maximum absolute atomic E-state index is 12.9. The van der Waals surface area contributed by atoms with Crippen LogP contribution in [-0.4, -0.2) is 37.5 Å². The molecule has 0 bridgehead atoms. The van der Waals surface area contributed by atoms with Crippen LogP contribution < -0.4 is 5.32 Å². The summed E-state index contributed by atoms with van der Waals surface area (Å²) in [6.45, 7) is 7.56. The van der Waals surface area contributed by atoms with Crippen LogP contribution in [0.5, 0.6) is 0 Å². The van der Waals surface area contributed by atoms with E-state index in [1.165, 1.54) is 18.6 Å². The highest BCUT2D eigenvalue weighted by atomic mass is 19.1. The average molecular weight is 291 g/mol. The Hall–Kier alpha value is -1.58. The quantitative estimate of drug-likeness (QED) is 0.685. The van der Waals surface area contributed by atoms with E-state index in [0.29, 0.717) is 11.8 Å². The third-order valence-electron chi connectivity index (χ3n) is 3.99. The second kappa shape index (κ2) is 7.43. The Morgan fingerprint density at radius 1 is 1.24 bits per heavy atom. The minimum absolute atomic E-state index is 0.182. The van der Waals surface area contributed by atoms with Gasteiger partial charge in [-0.15, -0.1) is 0 Å². The molecule has 1 aromatic carbocycles. The van der Waals surface area contributed by atoms with Crippen molar-refractivity contribution in [3.63, 3.8) is 0 Å². The maximum atomic E-state index is 12.9. The fourth-order valence-electron chi connectivity index (χ4n) is 3.14. The predicted octanol–water partition coefficient (Wildman–Crippen LogP) is 2.92. The Labute approximate surface area is 127 Å². The smallest absolute Gasteiger partial charge is 0.193 e. The van der Waals surface area contributed by atoms with Gasteiger partial charge in [0.25, 0.3) is 0 Å². The zero-order valence-corrected chi connectivity index (χ0v) is 13.3. The van der Waals surface area contributed by atoms with Gasteiger partial charge in [0, 0.05) is 26.7 Å². The number of rotatable bonds is 3. The molecular formula is C17H26FN3. The highest BCUT2D eigenvalue weighted by molar-refractivity contribution is 5.80. The summed E-state index contributed by atoms with van der Waals surface area (Å²) in [7, 11) is 1.84. The summed E-state index contributed by atoms with van der Waals surface area (Å²) in [5, 5.41) is 3.43. The van der Waals surface area contributed by atoms with E-state index in [2.05, 4.69) is 29.1 Å². The lowest BCUT2D eigenvalue weighted by atomic mass is 9.92. The lowest BCUT2D eigenvalue weighted by Gasteiger charge is -2.37. The zero-order valence-electron chi connectivity index (χ0n) is 13.3. The van der Waals surface area contributed by atoms with Crippen LogP contribution in [0.15, 0.2) is 29.3 Å². The molecule has 0 spiro atoms. The van der Waals surface area contributed by atoms with Crippen LogP contribution in [0.25, 0.3) is 0 Å². The topological polar surface area (TPSA) is 27.6 Å². The molecule has 2 rings (SSSR count). The van der Waals surface area contributed by atoms with Gasteiger partial charge in [-0.25, -0.2) is 4.39 Å². The molecular weight excluding hydrogens is 265 g/mol. The molecule has 3 nitrogen and oxygen atoms in total. The Bertz CT molecular complexity index is 459. The summed E-state index contributed by atoms with van der Waals surface area (Å²) in [6.07, 6.45) is 2.17. The van der Waals surface area contributed by atoms with E-state index in [1.54, 1.807) is 0 Å². The second-order valence-corrected chi connectivity index (χ2v) is 6.20. The van der Waals surface area contributed by atoms with Crippen LogP contribution in [0.1, 0.15) is 25.8 Å². The monoisotopic (exact) mass is 291 g/mol. The van der Waals surface area contributed by atoms with Crippen LogP contribution in [-0.2, 0) is 6.42 Å². The number of benzene rings is 1. The first kappa shape index (κ1) is 15.8. The third-order valence-corrected chi connectivity index (χ3v) is 3.99. The molecule has 1 fully saturated rings. The standard InChI is InChI=1S/C17H26FN3/c1-13-10-14(2)12-21(11-13)17(19-3)20-9-8-15-4-6-16(18)7-5-15/h4-7,13-14H,8-12H2,1-3H3,(H,19,20). The first-order valence-electron chi connectivity index (χ1n) is 7.78. The minimum atomic E-state index is -0.182. The fraction of sp³-hybridized carbons (Fsp3) is 0.588. The molecule has 0 amide bonds. The van der Waals surface area contributed by atoms with E-state index in [4.69, 9.17) is 0 Å². The molecule has 0 aliphatic carbocycles. The van der Waals surface area contributed by atoms with Crippen LogP contribution in [0.4, 0.5) is 4.39 Å². The van der Waals surface area contributed by atoms with Crippen molar-refractivity contribution in [2.75, 3.05) is 26.7 Å². The molecule has 0 radical (unpaired) electrons. The van der Waals surface area contributed by atoms with Crippen LogP contribution in [0, 0.1) is 17.7 Å². The largest absolute Gasteiger partial charge is 0.356 e. The van der Waals surface area contributed by atoms with Crippen molar-refractivity contribution in [3.8, 4) is 0 Å². The number of aliphatic imine (C=N–C) groups is 1. The molecule has 4 heteroatoms. The molecule has 1 aromatic rings. The van der Waals surface area contributed by atoms with E-state index in [-0.39, 0.29) is 5.82 Å². The van der Waals surface area contributed by atoms with Gasteiger partial charge >= 0.3 is 0 Å². The second-order valence-electron chi connectivity index (χ2n) is 6.20. The van der Waals surface area contributed by atoms with Crippen molar-refractivity contribution >= 4 is 5.96 Å². The van der Waals surface area contributed by atoms with Crippen molar-refractivity contribution in [1.29, 1.82) is 0 Å². The molecule has 1 N–H and O–H groups in total. The van der Waals surface area contributed by atoms with E-state index in [9.17, 15) is 4.39 Å². The SMILES string of the molecule is CN=C(NCCc1ccc(F)cc1)N1CC(C)CC(C)C1. The van der Waals surface area contributed by atoms with E-state index in [1.807, 2.05) is 19.2 Å². The molecule has 0 saturated carbocycles. The van der Waals surface area contributed by atoms with Gasteiger partial charge in [-0.1, -0.05) is 26.0 Å². The summed E-state index contributed by atoms with van der Waals surface area (Å²) in [5.41, 5.74) is 1.14. The summed E-state index contributed by atoms with van der Waals surface area (Å²) < 4.78 is 12.9. The summed E-state index contributed by atoms with van der Waals surface area (Å²) in [6, 6.07) is 6.70. The van der Waals surface area contributed by atoms with Gasteiger partial charge in [0.15, 0.2) is 5.96 Å².